The summed E-state index contributed by atoms with van der Waals surface area (Å²) in [4.78, 5) is 0.281. The van der Waals surface area contributed by atoms with Crippen LogP contribution in [0, 0.1) is 5.92 Å². The van der Waals surface area contributed by atoms with E-state index in [1.54, 1.807) is 18.2 Å². The molecule has 3 aromatic rings. The van der Waals surface area contributed by atoms with Crippen molar-refractivity contribution in [2.45, 2.75) is 49.5 Å². The van der Waals surface area contributed by atoms with Crippen molar-refractivity contribution >= 4 is 37.3 Å². The van der Waals surface area contributed by atoms with Gasteiger partial charge in [0, 0.05) is 21.8 Å². The van der Waals surface area contributed by atoms with Gasteiger partial charge in [-0.3, -0.25) is 4.72 Å². The summed E-state index contributed by atoms with van der Waals surface area (Å²) in [6, 6.07) is 21.7. The zero-order valence-electron chi connectivity index (χ0n) is 19.5. The molecule has 3 atom stereocenters. The van der Waals surface area contributed by atoms with Gasteiger partial charge in [-0.1, -0.05) is 73.1 Å². The van der Waals surface area contributed by atoms with E-state index in [9.17, 15) is 8.42 Å². The van der Waals surface area contributed by atoms with Crippen LogP contribution in [0.5, 0.6) is 0 Å². The minimum atomic E-state index is -3.69. The molecule has 2 N–H and O–H groups in total. The fourth-order valence-electron chi connectivity index (χ4n) is 4.99. The Morgan fingerprint density at radius 3 is 2.35 bits per heavy atom. The van der Waals surface area contributed by atoms with Crippen molar-refractivity contribution in [3.8, 4) is 0 Å². The monoisotopic (exact) mass is 536 g/mol. The summed E-state index contributed by atoms with van der Waals surface area (Å²) < 4.78 is 29.8. The maximum absolute atomic E-state index is 13.1. The molecule has 0 unspecified atom stereocenters. The summed E-state index contributed by atoms with van der Waals surface area (Å²) in [5.74, 6) is 0.539. The summed E-state index contributed by atoms with van der Waals surface area (Å²) in [7, 11) is -3.69. The van der Waals surface area contributed by atoms with Crippen molar-refractivity contribution in [1.29, 1.82) is 0 Å². The lowest BCUT2D eigenvalue weighted by atomic mass is 9.76. The third kappa shape index (κ3) is 4.41. The molecule has 0 radical (unpaired) electrons. The van der Waals surface area contributed by atoms with Crippen molar-refractivity contribution in [3.63, 3.8) is 0 Å². The van der Waals surface area contributed by atoms with Gasteiger partial charge in [0.25, 0.3) is 10.0 Å². The van der Waals surface area contributed by atoms with Gasteiger partial charge in [0.15, 0.2) is 0 Å². The number of fused-ring (bicyclic) bond motifs is 3. The zero-order valence-corrected chi connectivity index (χ0v) is 21.9. The Morgan fingerprint density at radius 2 is 1.68 bits per heavy atom. The van der Waals surface area contributed by atoms with Gasteiger partial charge in [-0.05, 0) is 76.9 Å². The van der Waals surface area contributed by atoms with Crippen LogP contribution in [0.15, 0.2) is 88.3 Å². The highest BCUT2D eigenvalue weighted by Crippen LogP contribution is 2.50. The van der Waals surface area contributed by atoms with E-state index in [4.69, 9.17) is 0 Å². The van der Waals surface area contributed by atoms with Crippen LogP contribution in [0.2, 0.25) is 0 Å². The maximum Gasteiger partial charge on any atom is 0.261 e. The first-order valence-corrected chi connectivity index (χ1v) is 13.9. The highest BCUT2D eigenvalue weighted by Gasteiger charge is 2.38. The fourth-order valence-corrected chi connectivity index (χ4v) is 6.35. The van der Waals surface area contributed by atoms with Crippen molar-refractivity contribution in [1.82, 2.24) is 0 Å². The topological polar surface area (TPSA) is 58.2 Å². The van der Waals surface area contributed by atoms with Crippen LogP contribution < -0.4 is 10.0 Å². The Bertz CT molecular complexity index is 1340. The lowest BCUT2D eigenvalue weighted by molar-refractivity contribution is 0.425. The van der Waals surface area contributed by atoms with Crippen LogP contribution in [0.1, 0.15) is 55.8 Å². The number of sulfonamides is 1. The molecular formula is C28H29BrN2O2S. The maximum atomic E-state index is 13.1. The molecule has 6 heteroatoms. The molecule has 176 valence electrons. The average molecular weight is 538 g/mol. The van der Waals surface area contributed by atoms with Crippen molar-refractivity contribution in [3.05, 3.63) is 100 Å². The minimum Gasteiger partial charge on any atom is -0.378 e. The van der Waals surface area contributed by atoms with Crippen LogP contribution in [-0.4, -0.2) is 8.42 Å². The first-order valence-electron chi connectivity index (χ1n) is 11.6. The summed E-state index contributed by atoms with van der Waals surface area (Å²) >= 11 is 3.38. The molecule has 2 aliphatic rings. The van der Waals surface area contributed by atoms with Crippen LogP contribution in [0.3, 0.4) is 0 Å². The number of hydrogen-bond acceptors (Lipinski definition) is 3. The molecule has 4 nitrogen and oxygen atoms in total. The molecule has 0 saturated heterocycles. The number of anilines is 2. The van der Waals surface area contributed by atoms with Gasteiger partial charge in [-0.15, -0.1) is 0 Å². The van der Waals surface area contributed by atoms with Crippen molar-refractivity contribution < 1.29 is 8.42 Å². The lowest BCUT2D eigenvalue weighted by Gasteiger charge is -2.38. The van der Waals surface area contributed by atoms with Crippen LogP contribution in [0.25, 0.3) is 0 Å². The minimum absolute atomic E-state index is 0.120. The molecule has 1 aliphatic heterocycles. The highest BCUT2D eigenvalue weighted by atomic mass is 79.9. The molecule has 0 aromatic heterocycles. The second kappa shape index (κ2) is 8.58. The quantitative estimate of drug-likeness (QED) is 0.342. The molecule has 34 heavy (non-hydrogen) atoms. The number of benzene rings is 3. The second-order valence-electron chi connectivity index (χ2n) is 10.2. The second-order valence-corrected chi connectivity index (χ2v) is 12.8. The van der Waals surface area contributed by atoms with E-state index in [2.05, 4.69) is 83.2 Å². The van der Waals surface area contributed by atoms with E-state index in [0.29, 0.717) is 11.6 Å². The Balaban J connectivity index is 1.45. The SMILES string of the molecule is CC(C)(C)c1ccc([C@H]2Nc3ccc(S(=O)(=O)Nc4ccc(Br)cc4)cc3[C@H]3C=CC[C@H]32)cc1. The van der Waals surface area contributed by atoms with Gasteiger partial charge in [-0.25, -0.2) is 8.42 Å². The van der Waals surface area contributed by atoms with E-state index < -0.39 is 10.0 Å². The standard InChI is InChI=1S/C28H29BrN2O2S/c1-28(2,3)19-9-7-18(8-10-19)27-24-6-4-5-23(24)25-17-22(15-16-26(25)30-27)34(32,33)31-21-13-11-20(29)12-14-21/h4-5,7-17,23-24,27,30-31H,6H2,1-3H3/t23-,24+,27+/m0/s1. The Labute approximate surface area is 210 Å². The molecule has 1 heterocycles. The third-order valence-electron chi connectivity index (χ3n) is 6.88. The van der Waals surface area contributed by atoms with Crippen LogP contribution in [-0.2, 0) is 15.4 Å². The predicted octanol–water partition coefficient (Wildman–Crippen LogP) is 7.37. The highest BCUT2D eigenvalue weighted by molar-refractivity contribution is 9.10. The smallest absolute Gasteiger partial charge is 0.261 e. The number of halogens is 1. The lowest BCUT2D eigenvalue weighted by Crippen LogP contribution is -2.29. The molecule has 0 fully saturated rings. The molecule has 0 spiro atoms. The van der Waals surface area contributed by atoms with Crippen LogP contribution >= 0.6 is 15.9 Å². The van der Waals surface area contributed by atoms with Crippen molar-refractivity contribution in [2.24, 2.45) is 5.92 Å². The largest absolute Gasteiger partial charge is 0.378 e. The van der Waals surface area contributed by atoms with Gasteiger partial charge in [0.05, 0.1) is 10.9 Å². The normalized spacial score (nSPS) is 21.5. The molecule has 5 rings (SSSR count). The number of nitrogens with one attached hydrogen (secondary N) is 2. The van der Waals surface area contributed by atoms with Gasteiger partial charge < -0.3 is 5.32 Å². The van der Waals surface area contributed by atoms with Gasteiger partial charge in [0.1, 0.15) is 0 Å². The first-order chi connectivity index (χ1) is 16.1. The van der Waals surface area contributed by atoms with Gasteiger partial charge in [0.2, 0.25) is 0 Å². The van der Waals surface area contributed by atoms with Gasteiger partial charge >= 0.3 is 0 Å². The molecule has 0 saturated carbocycles. The van der Waals surface area contributed by atoms with Crippen molar-refractivity contribution in [2.75, 3.05) is 10.0 Å². The molecular weight excluding hydrogens is 508 g/mol. The predicted molar refractivity (Wildman–Crippen MR) is 143 cm³/mol. The Morgan fingerprint density at radius 1 is 0.971 bits per heavy atom. The zero-order chi connectivity index (χ0) is 24.1. The van der Waals surface area contributed by atoms with E-state index in [-0.39, 0.29) is 22.3 Å². The van der Waals surface area contributed by atoms with E-state index in [0.717, 1.165) is 22.1 Å². The van der Waals surface area contributed by atoms with E-state index >= 15 is 0 Å². The molecule has 0 bridgehead atoms. The Hall–Kier alpha value is -2.57. The molecule has 3 aromatic carbocycles. The summed E-state index contributed by atoms with van der Waals surface area (Å²) in [5, 5.41) is 3.72. The molecule has 0 amide bonds. The number of allylic oxidation sites excluding steroid dienone is 2. The first kappa shape index (κ1) is 23.2. The summed E-state index contributed by atoms with van der Waals surface area (Å²) in [6.45, 7) is 6.68. The van der Waals surface area contributed by atoms with Crippen LogP contribution in [0.4, 0.5) is 11.4 Å². The summed E-state index contributed by atoms with van der Waals surface area (Å²) in [5.41, 5.74) is 5.29. The van der Waals surface area contributed by atoms with Gasteiger partial charge in [-0.2, -0.15) is 0 Å². The average Bonchev–Trinajstić information content (AvgIpc) is 3.29. The van der Waals surface area contributed by atoms with E-state index in [1.807, 2.05) is 24.3 Å². The third-order valence-corrected chi connectivity index (χ3v) is 8.78. The fraction of sp³-hybridized carbons (Fsp3) is 0.286. The Kier molecular flexibility index (Phi) is 5.85. The number of rotatable bonds is 4. The molecule has 1 aliphatic carbocycles. The van der Waals surface area contributed by atoms with E-state index in [1.165, 1.54) is 11.1 Å². The number of hydrogen-bond donors (Lipinski definition) is 2. The summed E-state index contributed by atoms with van der Waals surface area (Å²) in [6.07, 6.45) is 5.43.